The van der Waals surface area contributed by atoms with Crippen molar-refractivity contribution in [1.82, 2.24) is 4.90 Å². The summed E-state index contributed by atoms with van der Waals surface area (Å²) in [6.45, 7) is 4.35. The molecule has 3 nitrogen and oxygen atoms in total. The van der Waals surface area contributed by atoms with Gasteiger partial charge in [0.25, 0.3) is 11.8 Å². The Kier molecular flexibility index (Phi) is 2.77. The number of hydrogen-bond donors (Lipinski definition) is 0. The molecule has 0 saturated carbocycles. The molecule has 3 rings (SSSR count). The second-order valence-corrected chi connectivity index (χ2v) is 5.50. The van der Waals surface area contributed by atoms with Crippen LogP contribution in [0.15, 0.2) is 30.4 Å². The third-order valence-corrected chi connectivity index (χ3v) is 4.05. The number of imide groups is 1. The largest absolute Gasteiger partial charge is 0.269 e. The van der Waals surface area contributed by atoms with Crippen LogP contribution in [0.1, 0.15) is 48.9 Å². The number of hydrogen-bond acceptors (Lipinski definition) is 2. The van der Waals surface area contributed by atoms with Crippen molar-refractivity contribution in [2.45, 2.75) is 38.6 Å². The summed E-state index contributed by atoms with van der Waals surface area (Å²) in [6, 6.07) is 6.16. The maximum Gasteiger partial charge on any atom is 0.254 e. The fourth-order valence-electron chi connectivity index (χ4n) is 3.19. The molecule has 2 amide bonds. The molecule has 1 heterocycles. The van der Waals surface area contributed by atoms with E-state index in [4.69, 9.17) is 0 Å². The van der Waals surface area contributed by atoms with E-state index < -0.39 is 0 Å². The Morgan fingerprint density at radius 3 is 2.47 bits per heavy atom. The van der Waals surface area contributed by atoms with Gasteiger partial charge in [0.15, 0.2) is 0 Å². The summed E-state index contributed by atoms with van der Waals surface area (Å²) in [5.74, 6) is 0.104. The van der Waals surface area contributed by atoms with Gasteiger partial charge in [0.05, 0.1) is 6.04 Å². The molecule has 3 heteroatoms. The van der Waals surface area contributed by atoms with Crippen LogP contribution in [0.25, 0.3) is 0 Å². The van der Waals surface area contributed by atoms with E-state index in [0.29, 0.717) is 5.92 Å². The van der Waals surface area contributed by atoms with Crippen molar-refractivity contribution >= 4 is 11.8 Å². The highest BCUT2D eigenvalue weighted by Gasteiger charge is 2.36. The summed E-state index contributed by atoms with van der Waals surface area (Å²) in [7, 11) is 0. The lowest BCUT2D eigenvalue weighted by atomic mass is 9.94. The average molecular weight is 255 g/mol. The van der Waals surface area contributed by atoms with Gasteiger partial charge in [-0.15, -0.1) is 0 Å². The fourth-order valence-corrected chi connectivity index (χ4v) is 3.19. The van der Waals surface area contributed by atoms with E-state index in [1.54, 1.807) is 0 Å². The molecular formula is C16H17NO2. The van der Waals surface area contributed by atoms with Gasteiger partial charge >= 0.3 is 0 Å². The maximum atomic E-state index is 11.8. The molecule has 19 heavy (non-hydrogen) atoms. The van der Waals surface area contributed by atoms with Crippen molar-refractivity contribution in [3.63, 3.8) is 0 Å². The van der Waals surface area contributed by atoms with Gasteiger partial charge < -0.3 is 0 Å². The molecule has 0 radical (unpaired) electrons. The summed E-state index contributed by atoms with van der Waals surface area (Å²) >= 11 is 0. The Labute approximate surface area is 112 Å². The minimum Gasteiger partial charge on any atom is -0.269 e. The third kappa shape index (κ3) is 1.81. The lowest BCUT2D eigenvalue weighted by molar-refractivity contribution is -0.139. The summed E-state index contributed by atoms with van der Waals surface area (Å²) in [5.41, 5.74) is 3.82. The zero-order chi connectivity index (χ0) is 13.6. The number of carbonyl (C=O) groups is 2. The smallest absolute Gasteiger partial charge is 0.254 e. The van der Waals surface area contributed by atoms with Crippen molar-refractivity contribution in [2.75, 3.05) is 0 Å². The van der Waals surface area contributed by atoms with Gasteiger partial charge in [0, 0.05) is 12.2 Å². The summed E-state index contributed by atoms with van der Waals surface area (Å²) in [4.78, 5) is 25.0. The van der Waals surface area contributed by atoms with Crippen LogP contribution in [-0.4, -0.2) is 16.7 Å². The van der Waals surface area contributed by atoms with Gasteiger partial charge in [-0.3, -0.25) is 14.5 Å². The Hall–Kier alpha value is -1.90. The standard InChI is InChI=1S/C16H17NO2/c1-10(2)11-4-3-5-13-12(11)6-7-14(13)17-15(18)8-9-16(17)19/h3-5,8-10,14H,6-7H2,1-2H3/t14-/m0/s1. The molecule has 0 saturated heterocycles. The van der Waals surface area contributed by atoms with E-state index in [-0.39, 0.29) is 17.9 Å². The molecule has 0 aromatic heterocycles. The Morgan fingerprint density at radius 2 is 1.84 bits per heavy atom. The number of carbonyl (C=O) groups excluding carboxylic acids is 2. The van der Waals surface area contributed by atoms with Crippen LogP contribution in [0.3, 0.4) is 0 Å². The highest BCUT2D eigenvalue weighted by molar-refractivity contribution is 6.13. The number of benzene rings is 1. The Morgan fingerprint density at radius 1 is 1.16 bits per heavy atom. The highest BCUT2D eigenvalue weighted by Crippen LogP contribution is 2.40. The molecule has 2 aliphatic rings. The molecule has 1 aliphatic heterocycles. The van der Waals surface area contributed by atoms with E-state index in [2.05, 4.69) is 26.0 Å². The molecule has 0 N–H and O–H groups in total. The van der Waals surface area contributed by atoms with Crippen LogP contribution < -0.4 is 0 Å². The molecule has 0 fully saturated rings. The SMILES string of the molecule is CC(C)c1cccc2c1CC[C@@H]2N1C(=O)C=CC1=O. The van der Waals surface area contributed by atoms with Crippen molar-refractivity contribution in [2.24, 2.45) is 0 Å². The maximum absolute atomic E-state index is 11.8. The number of fused-ring (bicyclic) bond motifs is 1. The molecule has 0 spiro atoms. The number of nitrogens with zero attached hydrogens (tertiary/aromatic N) is 1. The predicted octanol–water partition coefficient (Wildman–Crippen LogP) is 2.72. The Bertz CT molecular complexity index is 568. The van der Waals surface area contributed by atoms with Crippen molar-refractivity contribution in [3.8, 4) is 0 Å². The van der Waals surface area contributed by atoms with Crippen molar-refractivity contribution in [1.29, 1.82) is 0 Å². The first-order valence-corrected chi connectivity index (χ1v) is 6.76. The quantitative estimate of drug-likeness (QED) is 0.762. The van der Waals surface area contributed by atoms with Crippen LogP contribution in [-0.2, 0) is 16.0 Å². The number of rotatable bonds is 2. The predicted molar refractivity (Wildman–Crippen MR) is 72.6 cm³/mol. The van der Waals surface area contributed by atoms with Crippen LogP contribution in [0.4, 0.5) is 0 Å². The van der Waals surface area contributed by atoms with Gasteiger partial charge in [-0.05, 0) is 35.4 Å². The zero-order valence-electron chi connectivity index (χ0n) is 11.2. The number of amides is 2. The molecular weight excluding hydrogens is 238 g/mol. The van der Waals surface area contributed by atoms with Crippen molar-refractivity contribution in [3.05, 3.63) is 47.0 Å². The van der Waals surface area contributed by atoms with E-state index in [0.717, 1.165) is 18.4 Å². The second kappa shape index (κ2) is 4.34. The van der Waals surface area contributed by atoms with E-state index >= 15 is 0 Å². The van der Waals surface area contributed by atoms with Gasteiger partial charge in [-0.25, -0.2) is 0 Å². The normalized spacial score (nSPS) is 21.6. The first-order chi connectivity index (χ1) is 9.09. The summed E-state index contributed by atoms with van der Waals surface area (Å²) < 4.78 is 0. The first-order valence-electron chi connectivity index (χ1n) is 6.76. The zero-order valence-corrected chi connectivity index (χ0v) is 11.2. The summed E-state index contributed by atoms with van der Waals surface area (Å²) in [5, 5.41) is 0. The minimum absolute atomic E-state index is 0.0799. The topological polar surface area (TPSA) is 37.4 Å². The lowest BCUT2D eigenvalue weighted by Crippen LogP contribution is -2.33. The summed E-state index contributed by atoms with van der Waals surface area (Å²) in [6.07, 6.45) is 4.53. The van der Waals surface area contributed by atoms with Crippen LogP contribution in [0, 0.1) is 0 Å². The molecule has 1 aromatic rings. The highest BCUT2D eigenvalue weighted by atomic mass is 16.2. The monoisotopic (exact) mass is 255 g/mol. The van der Waals surface area contributed by atoms with E-state index in [1.807, 2.05) is 6.07 Å². The van der Waals surface area contributed by atoms with Gasteiger partial charge in [-0.2, -0.15) is 0 Å². The molecule has 0 bridgehead atoms. The molecule has 1 aromatic carbocycles. The van der Waals surface area contributed by atoms with Gasteiger partial charge in [-0.1, -0.05) is 32.0 Å². The van der Waals surface area contributed by atoms with Crippen LogP contribution in [0.5, 0.6) is 0 Å². The minimum atomic E-state index is -0.183. The second-order valence-electron chi connectivity index (χ2n) is 5.50. The lowest BCUT2D eigenvalue weighted by Gasteiger charge is -2.23. The average Bonchev–Trinajstić information content (AvgIpc) is 2.93. The van der Waals surface area contributed by atoms with Crippen molar-refractivity contribution < 1.29 is 9.59 Å². The molecule has 98 valence electrons. The van der Waals surface area contributed by atoms with Gasteiger partial charge in [0.1, 0.15) is 0 Å². The first kappa shape index (κ1) is 12.2. The third-order valence-electron chi connectivity index (χ3n) is 4.05. The van der Waals surface area contributed by atoms with Crippen LogP contribution >= 0.6 is 0 Å². The van der Waals surface area contributed by atoms with E-state index in [1.165, 1.54) is 28.2 Å². The fraction of sp³-hybridized carbons (Fsp3) is 0.375. The molecule has 1 atom stereocenters. The van der Waals surface area contributed by atoms with Crippen LogP contribution in [0.2, 0.25) is 0 Å². The molecule has 0 unspecified atom stereocenters. The van der Waals surface area contributed by atoms with Gasteiger partial charge in [0.2, 0.25) is 0 Å². The Balaban J connectivity index is 2.01. The molecule has 1 aliphatic carbocycles. The van der Waals surface area contributed by atoms with E-state index in [9.17, 15) is 9.59 Å².